The molecule has 4 nitrogen and oxygen atoms in total. The maximum absolute atomic E-state index is 13.9. The van der Waals surface area contributed by atoms with Crippen LogP contribution in [0.15, 0.2) is 11.6 Å². The maximum Gasteiger partial charge on any atom is 0.305 e. The molecule has 0 aromatic carbocycles. The Morgan fingerprint density at radius 1 is 1.16 bits per heavy atom. The smallest absolute Gasteiger partial charge is 0.305 e. The maximum atomic E-state index is 13.9. The molecule has 1 N–H and O–H groups in total. The molecule has 9 atom stereocenters. The fourth-order valence-corrected chi connectivity index (χ4v) is 8.81. The number of aliphatic hydroxyl groups is 1. The Morgan fingerprint density at radius 2 is 1.84 bits per heavy atom. The van der Waals surface area contributed by atoms with Crippen molar-refractivity contribution in [2.45, 2.75) is 91.6 Å². The van der Waals surface area contributed by atoms with E-state index >= 15 is 0 Å². The summed E-state index contributed by atoms with van der Waals surface area (Å²) < 4.78 is 4.87. The van der Waals surface area contributed by atoms with Crippen LogP contribution >= 0.6 is 0 Å². The topological polar surface area (TPSA) is 63.6 Å². The summed E-state index contributed by atoms with van der Waals surface area (Å²) in [5.74, 6) is 2.57. The van der Waals surface area contributed by atoms with Crippen molar-refractivity contribution in [1.82, 2.24) is 0 Å². The highest BCUT2D eigenvalue weighted by molar-refractivity contribution is 5.99. The second-order valence-electron chi connectivity index (χ2n) is 11.7. The first-order valence-electron chi connectivity index (χ1n) is 12.6. The number of Topliss-reactive ketones (excluding diaryl/α,β-unsaturated/α-hetero) is 1. The van der Waals surface area contributed by atoms with E-state index < -0.39 is 0 Å². The lowest BCUT2D eigenvalue weighted by Gasteiger charge is -2.61. The summed E-state index contributed by atoms with van der Waals surface area (Å²) in [5.41, 5.74) is 1.33. The highest BCUT2D eigenvalue weighted by Gasteiger charge is 2.64. The molecule has 4 rings (SSSR count). The molecule has 4 aliphatic carbocycles. The van der Waals surface area contributed by atoms with E-state index in [9.17, 15) is 14.7 Å². The zero-order chi connectivity index (χ0) is 22.6. The third kappa shape index (κ3) is 3.52. The Bertz CT molecular complexity index is 756. The van der Waals surface area contributed by atoms with Gasteiger partial charge < -0.3 is 9.84 Å². The average molecular weight is 431 g/mol. The van der Waals surface area contributed by atoms with Gasteiger partial charge in [-0.1, -0.05) is 26.8 Å². The van der Waals surface area contributed by atoms with E-state index in [1.54, 1.807) is 0 Å². The number of ketones is 1. The first kappa shape index (κ1) is 23.0. The van der Waals surface area contributed by atoms with Gasteiger partial charge in [0.05, 0.1) is 13.2 Å². The quantitative estimate of drug-likeness (QED) is 0.484. The number of rotatable bonds is 4. The SMILES string of the molecule is CC=C1C(=O)C2C(CC[C@@]3(C)C2CC[C@@H]3[C@H](C)CCC(=O)OC)[C@@]2(C)CC[C@@H](O)CC12. The van der Waals surface area contributed by atoms with Gasteiger partial charge in [-0.15, -0.1) is 0 Å². The Balaban J connectivity index is 1.61. The van der Waals surface area contributed by atoms with E-state index in [2.05, 4.69) is 26.8 Å². The lowest BCUT2D eigenvalue weighted by molar-refractivity contribution is -0.150. The van der Waals surface area contributed by atoms with E-state index in [1.165, 1.54) is 20.0 Å². The van der Waals surface area contributed by atoms with Gasteiger partial charge in [0, 0.05) is 12.3 Å². The van der Waals surface area contributed by atoms with Gasteiger partial charge in [-0.05, 0) is 104 Å². The van der Waals surface area contributed by atoms with Crippen molar-refractivity contribution in [3.63, 3.8) is 0 Å². The predicted molar refractivity (Wildman–Crippen MR) is 121 cm³/mol. The number of allylic oxidation sites excluding steroid dienone is 2. The second kappa shape index (κ2) is 8.32. The summed E-state index contributed by atoms with van der Waals surface area (Å²) in [6.07, 6.45) is 10.4. The van der Waals surface area contributed by atoms with Crippen LogP contribution in [0.25, 0.3) is 0 Å². The van der Waals surface area contributed by atoms with Crippen molar-refractivity contribution in [1.29, 1.82) is 0 Å². The molecular weight excluding hydrogens is 388 g/mol. The minimum Gasteiger partial charge on any atom is -0.469 e. The summed E-state index contributed by atoms with van der Waals surface area (Å²) in [6, 6.07) is 0. The number of hydrogen-bond donors (Lipinski definition) is 1. The predicted octanol–water partition coefficient (Wildman–Crippen LogP) is 5.33. The fourth-order valence-electron chi connectivity index (χ4n) is 8.81. The third-order valence-electron chi connectivity index (χ3n) is 10.5. The van der Waals surface area contributed by atoms with Crippen LogP contribution in [0, 0.1) is 46.3 Å². The lowest BCUT2D eigenvalue weighted by atomic mass is 9.43. The van der Waals surface area contributed by atoms with Crippen LogP contribution < -0.4 is 0 Å². The molecule has 0 amide bonds. The van der Waals surface area contributed by atoms with E-state index in [0.29, 0.717) is 35.9 Å². The largest absolute Gasteiger partial charge is 0.469 e. The molecule has 4 heteroatoms. The number of aliphatic hydroxyl groups excluding tert-OH is 1. The molecule has 0 aromatic heterocycles. The van der Waals surface area contributed by atoms with Crippen molar-refractivity contribution < 1.29 is 19.4 Å². The summed E-state index contributed by atoms with van der Waals surface area (Å²) in [5, 5.41) is 10.4. The second-order valence-corrected chi connectivity index (χ2v) is 11.7. The zero-order valence-corrected chi connectivity index (χ0v) is 20.2. The molecule has 0 bridgehead atoms. The van der Waals surface area contributed by atoms with Gasteiger partial charge in [0.1, 0.15) is 0 Å². The number of ether oxygens (including phenoxy) is 1. The van der Waals surface area contributed by atoms with Crippen LogP contribution in [0.4, 0.5) is 0 Å². The van der Waals surface area contributed by atoms with Crippen LogP contribution in [-0.2, 0) is 14.3 Å². The van der Waals surface area contributed by atoms with Gasteiger partial charge in [-0.25, -0.2) is 0 Å². The molecule has 31 heavy (non-hydrogen) atoms. The molecule has 0 spiro atoms. The van der Waals surface area contributed by atoms with E-state index in [4.69, 9.17) is 4.74 Å². The van der Waals surface area contributed by atoms with Gasteiger partial charge in [0.25, 0.3) is 0 Å². The number of carbonyl (C=O) groups excluding carboxylic acids is 2. The first-order valence-corrected chi connectivity index (χ1v) is 12.6. The van der Waals surface area contributed by atoms with Crippen LogP contribution in [0.2, 0.25) is 0 Å². The van der Waals surface area contributed by atoms with Crippen LogP contribution in [-0.4, -0.2) is 30.1 Å². The van der Waals surface area contributed by atoms with E-state index in [1.807, 2.05) is 6.92 Å². The molecule has 0 radical (unpaired) electrons. The molecule has 0 aromatic rings. The lowest BCUT2D eigenvalue weighted by Crippen LogP contribution is -2.58. The molecule has 0 saturated heterocycles. The summed E-state index contributed by atoms with van der Waals surface area (Å²) in [7, 11) is 1.47. The average Bonchev–Trinajstić information content (AvgIpc) is 3.10. The standard InChI is InChI=1S/C27H42O4/c1-6-18-22-15-17(28)11-13-27(22,4)21-12-14-26(3)19(16(2)7-10-23(29)31-5)8-9-20(26)24(21)25(18)30/h6,16-17,19-22,24,28H,7-15H2,1-5H3/t16-,17-,19-,20?,21?,22?,24?,26-,27-/m1/s1. The Kier molecular flexibility index (Phi) is 6.17. The minimum absolute atomic E-state index is 0.117. The zero-order valence-electron chi connectivity index (χ0n) is 20.2. The van der Waals surface area contributed by atoms with Crippen LogP contribution in [0.5, 0.6) is 0 Å². The van der Waals surface area contributed by atoms with Gasteiger partial charge in [-0.3, -0.25) is 9.59 Å². The Morgan fingerprint density at radius 3 is 2.52 bits per heavy atom. The highest BCUT2D eigenvalue weighted by Crippen LogP contribution is 2.68. The molecule has 174 valence electrons. The molecule has 4 aliphatic rings. The Labute approximate surface area is 188 Å². The van der Waals surface area contributed by atoms with Crippen molar-refractivity contribution in [3.05, 3.63) is 11.6 Å². The number of esters is 1. The van der Waals surface area contributed by atoms with Gasteiger partial charge in [0.15, 0.2) is 5.78 Å². The summed E-state index contributed by atoms with van der Waals surface area (Å²) in [6.45, 7) is 9.18. The summed E-state index contributed by atoms with van der Waals surface area (Å²) >= 11 is 0. The molecule has 0 heterocycles. The summed E-state index contributed by atoms with van der Waals surface area (Å²) in [4.78, 5) is 25.6. The molecule has 4 saturated carbocycles. The van der Waals surface area contributed by atoms with E-state index in [0.717, 1.165) is 44.1 Å². The van der Waals surface area contributed by atoms with Crippen molar-refractivity contribution in [3.8, 4) is 0 Å². The monoisotopic (exact) mass is 430 g/mol. The number of fused-ring (bicyclic) bond motifs is 5. The van der Waals surface area contributed by atoms with Gasteiger partial charge >= 0.3 is 5.97 Å². The van der Waals surface area contributed by atoms with E-state index in [-0.39, 0.29) is 34.7 Å². The Hall–Kier alpha value is -1.16. The molecule has 0 aliphatic heterocycles. The normalized spacial score (nSPS) is 46.8. The van der Waals surface area contributed by atoms with Gasteiger partial charge in [0.2, 0.25) is 0 Å². The van der Waals surface area contributed by atoms with Crippen LogP contribution in [0.1, 0.15) is 85.5 Å². The highest BCUT2D eigenvalue weighted by atomic mass is 16.5. The number of hydrogen-bond acceptors (Lipinski definition) is 4. The number of carbonyl (C=O) groups is 2. The molecular formula is C27H42O4. The minimum atomic E-state index is -0.266. The van der Waals surface area contributed by atoms with Crippen molar-refractivity contribution in [2.24, 2.45) is 46.3 Å². The fraction of sp³-hybridized carbons (Fsp3) is 0.852. The van der Waals surface area contributed by atoms with Gasteiger partial charge in [-0.2, -0.15) is 0 Å². The molecule has 4 unspecified atom stereocenters. The third-order valence-corrected chi connectivity index (χ3v) is 10.5. The van der Waals surface area contributed by atoms with Crippen molar-refractivity contribution in [2.75, 3.05) is 7.11 Å². The van der Waals surface area contributed by atoms with Crippen molar-refractivity contribution >= 4 is 11.8 Å². The number of methoxy groups -OCH3 is 1. The van der Waals surface area contributed by atoms with Crippen LogP contribution in [0.3, 0.4) is 0 Å². The first-order chi connectivity index (χ1) is 14.7. The molecule has 4 fully saturated rings.